The summed E-state index contributed by atoms with van der Waals surface area (Å²) in [4.78, 5) is 14.5. The number of nitrogens with one attached hydrogen (secondary N) is 1. The minimum absolute atomic E-state index is 0.0644. The molecule has 0 spiro atoms. The van der Waals surface area contributed by atoms with Crippen molar-refractivity contribution in [3.05, 3.63) is 34.9 Å². The van der Waals surface area contributed by atoms with E-state index < -0.39 is 0 Å². The highest BCUT2D eigenvalue weighted by atomic mass is 35.5. The Morgan fingerprint density at radius 3 is 2.86 bits per heavy atom. The Bertz CT molecular complexity index is 497. The number of carbonyl (C=O) groups is 1. The number of benzene rings is 1. The van der Waals surface area contributed by atoms with Crippen LogP contribution in [0, 0.1) is 5.92 Å². The van der Waals surface area contributed by atoms with Crippen LogP contribution in [0.25, 0.3) is 0 Å². The molecule has 1 heterocycles. The van der Waals surface area contributed by atoms with Gasteiger partial charge in [0.2, 0.25) is 5.91 Å². The van der Waals surface area contributed by atoms with Gasteiger partial charge in [-0.2, -0.15) is 11.8 Å². The summed E-state index contributed by atoms with van der Waals surface area (Å²) < 4.78 is 0. The number of hydrogen-bond acceptors (Lipinski definition) is 3. The van der Waals surface area contributed by atoms with Crippen LogP contribution in [0.1, 0.15) is 32.0 Å². The van der Waals surface area contributed by atoms with Gasteiger partial charge < -0.3 is 4.90 Å². The molecule has 1 fully saturated rings. The van der Waals surface area contributed by atoms with E-state index in [0.29, 0.717) is 10.9 Å². The van der Waals surface area contributed by atoms with Gasteiger partial charge in [0.1, 0.15) is 6.17 Å². The van der Waals surface area contributed by atoms with Gasteiger partial charge in [-0.15, -0.1) is 0 Å². The Morgan fingerprint density at radius 2 is 2.24 bits per heavy atom. The van der Waals surface area contributed by atoms with Crippen LogP contribution < -0.4 is 5.32 Å². The van der Waals surface area contributed by atoms with E-state index in [9.17, 15) is 4.79 Å². The Balaban J connectivity index is 2.22. The number of nitrogens with zero attached hydrogens (tertiary/aromatic N) is 1. The number of thioether (sulfide) groups is 1. The second-order valence-electron chi connectivity index (χ2n) is 5.64. The molecule has 2 rings (SSSR count). The zero-order valence-electron chi connectivity index (χ0n) is 12.8. The van der Waals surface area contributed by atoms with E-state index in [1.165, 1.54) is 0 Å². The molecule has 0 aromatic heterocycles. The average molecular weight is 327 g/mol. The molecule has 5 heteroatoms. The highest BCUT2D eigenvalue weighted by Gasteiger charge is 2.38. The van der Waals surface area contributed by atoms with Gasteiger partial charge >= 0.3 is 0 Å². The minimum Gasteiger partial charge on any atom is -0.321 e. The van der Waals surface area contributed by atoms with Gasteiger partial charge in [0.15, 0.2) is 0 Å². The summed E-state index contributed by atoms with van der Waals surface area (Å²) in [5.74, 6) is 1.74. The van der Waals surface area contributed by atoms with E-state index in [1.54, 1.807) is 0 Å². The molecule has 21 heavy (non-hydrogen) atoms. The maximum Gasteiger partial charge on any atom is 0.241 e. The topological polar surface area (TPSA) is 32.3 Å². The quantitative estimate of drug-likeness (QED) is 0.867. The molecular weight excluding hydrogens is 304 g/mol. The van der Waals surface area contributed by atoms with Crippen LogP contribution in [0.2, 0.25) is 5.02 Å². The van der Waals surface area contributed by atoms with E-state index >= 15 is 0 Å². The SMILES string of the molecule is CCC1NC(c2cccc(Cl)c2)N(CC(C)CSC)C1=O. The van der Waals surface area contributed by atoms with Crippen molar-refractivity contribution in [2.75, 3.05) is 18.6 Å². The van der Waals surface area contributed by atoms with Gasteiger partial charge in [-0.05, 0) is 42.0 Å². The van der Waals surface area contributed by atoms with E-state index in [-0.39, 0.29) is 18.1 Å². The number of carbonyl (C=O) groups excluding carboxylic acids is 1. The zero-order chi connectivity index (χ0) is 15.4. The summed E-state index contributed by atoms with van der Waals surface area (Å²) >= 11 is 7.92. The summed E-state index contributed by atoms with van der Waals surface area (Å²) in [5, 5.41) is 4.15. The first-order valence-electron chi connectivity index (χ1n) is 7.37. The standard InChI is InChI=1S/C16H23ClN2OS/c1-4-14-16(20)19(9-11(2)10-21-3)15(18-14)12-6-5-7-13(17)8-12/h5-8,11,14-15,18H,4,9-10H2,1-3H3. The Kier molecular flexibility index (Phi) is 5.97. The maximum atomic E-state index is 12.6. The van der Waals surface area contributed by atoms with Gasteiger partial charge in [0, 0.05) is 11.6 Å². The molecular formula is C16H23ClN2OS. The lowest BCUT2D eigenvalue weighted by molar-refractivity contribution is -0.130. The normalized spacial score (nSPS) is 23.6. The molecule has 1 aromatic carbocycles. The van der Waals surface area contributed by atoms with E-state index in [4.69, 9.17) is 11.6 Å². The Labute approximate surface area is 136 Å². The first kappa shape index (κ1) is 16.7. The molecule has 1 aromatic rings. The van der Waals surface area contributed by atoms with Gasteiger partial charge in [-0.3, -0.25) is 10.1 Å². The van der Waals surface area contributed by atoms with E-state index in [0.717, 1.165) is 24.3 Å². The van der Waals surface area contributed by atoms with Crippen LogP contribution in [0.15, 0.2) is 24.3 Å². The first-order chi connectivity index (χ1) is 10.1. The number of hydrogen-bond donors (Lipinski definition) is 1. The monoisotopic (exact) mass is 326 g/mol. The fourth-order valence-electron chi connectivity index (χ4n) is 2.79. The molecule has 0 radical (unpaired) electrons. The number of halogens is 1. The molecule has 1 saturated heterocycles. The van der Waals surface area contributed by atoms with Crippen molar-refractivity contribution in [3.8, 4) is 0 Å². The third-order valence-electron chi connectivity index (χ3n) is 3.78. The first-order valence-corrected chi connectivity index (χ1v) is 9.15. The van der Waals surface area contributed by atoms with E-state index in [2.05, 4.69) is 18.5 Å². The van der Waals surface area contributed by atoms with Crippen LogP contribution >= 0.6 is 23.4 Å². The predicted molar refractivity (Wildman–Crippen MR) is 90.7 cm³/mol. The van der Waals surface area contributed by atoms with Crippen molar-refractivity contribution in [2.45, 2.75) is 32.5 Å². The van der Waals surface area contributed by atoms with Gasteiger partial charge in [0.05, 0.1) is 6.04 Å². The van der Waals surface area contributed by atoms with Crippen molar-refractivity contribution in [1.82, 2.24) is 10.2 Å². The highest BCUT2D eigenvalue weighted by Crippen LogP contribution is 2.29. The lowest BCUT2D eigenvalue weighted by Crippen LogP contribution is -2.35. The lowest BCUT2D eigenvalue weighted by atomic mass is 10.1. The second kappa shape index (κ2) is 7.52. The largest absolute Gasteiger partial charge is 0.321 e. The van der Waals surface area contributed by atoms with Gasteiger partial charge in [-0.25, -0.2) is 0 Å². The third kappa shape index (κ3) is 3.93. The molecule has 0 aliphatic carbocycles. The smallest absolute Gasteiger partial charge is 0.241 e. The molecule has 3 nitrogen and oxygen atoms in total. The maximum absolute atomic E-state index is 12.6. The Morgan fingerprint density at radius 1 is 1.48 bits per heavy atom. The van der Waals surface area contributed by atoms with Gasteiger partial charge in [-0.1, -0.05) is 37.6 Å². The van der Waals surface area contributed by atoms with Crippen LogP contribution in [-0.4, -0.2) is 35.4 Å². The molecule has 3 atom stereocenters. The molecule has 116 valence electrons. The zero-order valence-corrected chi connectivity index (χ0v) is 14.4. The summed E-state index contributed by atoms with van der Waals surface area (Å²) in [5.41, 5.74) is 1.06. The molecule has 0 bridgehead atoms. The summed E-state index contributed by atoms with van der Waals surface area (Å²) in [7, 11) is 0. The minimum atomic E-state index is -0.0875. The predicted octanol–water partition coefficient (Wildman–Crippen LogP) is 3.55. The average Bonchev–Trinajstić information content (AvgIpc) is 2.76. The van der Waals surface area contributed by atoms with Crippen LogP contribution in [0.4, 0.5) is 0 Å². The molecule has 1 N–H and O–H groups in total. The van der Waals surface area contributed by atoms with E-state index in [1.807, 2.05) is 47.9 Å². The fraction of sp³-hybridized carbons (Fsp3) is 0.562. The molecule has 1 amide bonds. The second-order valence-corrected chi connectivity index (χ2v) is 6.98. The number of amides is 1. The molecule has 0 saturated carbocycles. The molecule has 3 unspecified atom stereocenters. The van der Waals surface area contributed by atoms with Crippen molar-refractivity contribution in [1.29, 1.82) is 0 Å². The lowest BCUT2D eigenvalue weighted by Gasteiger charge is -2.27. The highest BCUT2D eigenvalue weighted by molar-refractivity contribution is 7.98. The Hall–Kier alpha value is -0.710. The van der Waals surface area contributed by atoms with Crippen molar-refractivity contribution in [3.63, 3.8) is 0 Å². The molecule has 1 aliphatic rings. The summed E-state index contributed by atoms with van der Waals surface area (Å²) in [6, 6.07) is 7.68. The van der Waals surface area contributed by atoms with Gasteiger partial charge in [0.25, 0.3) is 0 Å². The molecule has 1 aliphatic heterocycles. The van der Waals surface area contributed by atoms with Crippen LogP contribution in [0.5, 0.6) is 0 Å². The fourth-order valence-corrected chi connectivity index (χ4v) is 3.67. The van der Waals surface area contributed by atoms with Crippen molar-refractivity contribution in [2.24, 2.45) is 5.92 Å². The van der Waals surface area contributed by atoms with Crippen LogP contribution in [-0.2, 0) is 4.79 Å². The third-order valence-corrected chi connectivity index (χ3v) is 4.92. The number of rotatable bonds is 6. The summed E-state index contributed by atoms with van der Waals surface area (Å²) in [6.45, 7) is 5.01. The van der Waals surface area contributed by atoms with Crippen molar-refractivity contribution < 1.29 is 4.79 Å². The van der Waals surface area contributed by atoms with Crippen LogP contribution in [0.3, 0.4) is 0 Å². The summed E-state index contributed by atoms with van der Waals surface area (Å²) in [6.07, 6.45) is 2.85. The van der Waals surface area contributed by atoms with Crippen molar-refractivity contribution >= 4 is 29.3 Å².